The zero-order valence-electron chi connectivity index (χ0n) is 13.1. The number of rotatable bonds is 8. The van der Waals surface area contributed by atoms with Gasteiger partial charge in [-0.25, -0.2) is 0 Å². The lowest BCUT2D eigenvalue weighted by Crippen LogP contribution is -2.37. The van der Waals surface area contributed by atoms with Crippen LogP contribution < -0.4 is 0 Å². The first-order chi connectivity index (χ1) is 9.98. The van der Waals surface area contributed by atoms with E-state index in [0.717, 1.165) is 19.3 Å². The normalized spacial score (nSPS) is 11.0. The number of ether oxygens (including phenoxy) is 2. The van der Waals surface area contributed by atoms with Crippen molar-refractivity contribution in [1.82, 2.24) is 0 Å². The second-order valence-electron chi connectivity index (χ2n) is 5.49. The number of aryl methyl sites for hydroxylation is 1. The zero-order chi connectivity index (χ0) is 15.7. The van der Waals surface area contributed by atoms with Gasteiger partial charge in [-0.3, -0.25) is 9.59 Å². The smallest absolute Gasteiger partial charge is 0.322 e. The summed E-state index contributed by atoms with van der Waals surface area (Å²) in [4.78, 5) is 23.8. The van der Waals surface area contributed by atoms with Crippen LogP contribution in [0.4, 0.5) is 0 Å². The molecule has 0 heterocycles. The Morgan fingerprint density at radius 1 is 1.00 bits per heavy atom. The Morgan fingerprint density at radius 3 is 2.14 bits per heavy atom. The molecular weight excluding hydrogens is 268 g/mol. The van der Waals surface area contributed by atoms with Crippen LogP contribution in [0.5, 0.6) is 0 Å². The van der Waals surface area contributed by atoms with Crippen LogP contribution in [0.2, 0.25) is 0 Å². The number of hydrogen-bond acceptors (Lipinski definition) is 4. The second kappa shape index (κ2) is 8.45. The van der Waals surface area contributed by atoms with Gasteiger partial charge in [0.1, 0.15) is 0 Å². The number of esters is 2. The van der Waals surface area contributed by atoms with Crippen LogP contribution in [0.1, 0.15) is 39.2 Å². The van der Waals surface area contributed by atoms with E-state index in [2.05, 4.69) is 0 Å². The average molecular weight is 292 g/mol. The second-order valence-corrected chi connectivity index (χ2v) is 5.49. The van der Waals surface area contributed by atoms with E-state index in [1.807, 2.05) is 37.3 Å². The molecule has 4 nitrogen and oxygen atoms in total. The largest absolute Gasteiger partial charge is 0.465 e. The van der Waals surface area contributed by atoms with Gasteiger partial charge in [-0.1, -0.05) is 37.3 Å². The van der Waals surface area contributed by atoms with Gasteiger partial charge in [0.15, 0.2) is 5.41 Å². The van der Waals surface area contributed by atoms with Gasteiger partial charge in [0.25, 0.3) is 0 Å². The van der Waals surface area contributed by atoms with Crippen LogP contribution in [0.25, 0.3) is 0 Å². The van der Waals surface area contributed by atoms with E-state index < -0.39 is 17.4 Å². The number of carbonyl (C=O) groups excluding carboxylic acids is 2. The lowest BCUT2D eigenvalue weighted by molar-refractivity contribution is -0.169. The molecule has 0 amide bonds. The molecule has 0 atom stereocenters. The molecule has 4 heteroatoms. The maximum Gasteiger partial charge on any atom is 0.322 e. The first-order valence-electron chi connectivity index (χ1n) is 7.37. The lowest BCUT2D eigenvalue weighted by atomic mass is 9.94. The maximum atomic E-state index is 12.0. The van der Waals surface area contributed by atoms with Crippen molar-refractivity contribution < 1.29 is 19.1 Å². The summed E-state index contributed by atoms with van der Waals surface area (Å²) in [6.45, 7) is 5.60. The Hall–Kier alpha value is -1.84. The molecule has 0 saturated carbocycles. The highest BCUT2D eigenvalue weighted by Gasteiger charge is 2.39. The Kier molecular flexibility index (Phi) is 6.92. The van der Waals surface area contributed by atoms with E-state index in [4.69, 9.17) is 9.47 Å². The van der Waals surface area contributed by atoms with Crippen LogP contribution in [0.3, 0.4) is 0 Å². The van der Waals surface area contributed by atoms with Crippen molar-refractivity contribution in [2.75, 3.05) is 13.2 Å². The molecule has 1 rings (SSSR count). The SMILES string of the molecule is CCCOC(=O)C(C)(C)C(=O)OCCCc1ccccc1. The predicted octanol–water partition coefficient (Wildman–Crippen LogP) is 3.14. The zero-order valence-corrected chi connectivity index (χ0v) is 13.1. The third-order valence-corrected chi connectivity index (χ3v) is 3.14. The minimum absolute atomic E-state index is 0.304. The fourth-order valence-electron chi connectivity index (χ4n) is 1.72. The van der Waals surface area contributed by atoms with E-state index in [1.165, 1.54) is 19.4 Å². The third-order valence-electron chi connectivity index (χ3n) is 3.14. The topological polar surface area (TPSA) is 52.6 Å². The summed E-state index contributed by atoms with van der Waals surface area (Å²) in [7, 11) is 0. The molecule has 116 valence electrons. The molecule has 0 aromatic heterocycles. The highest BCUT2D eigenvalue weighted by Crippen LogP contribution is 2.20. The molecule has 0 unspecified atom stereocenters. The van der Waals surface area contributed by atoms with Crippen molar-refractivity contribution in [3.63, 3.8) is 0 Å². The van der Waals surface area contributed by atoms with Crippen molar-refractivity contribution >= 4 is 11.9 Å². The van der Waals surface area contributed by atoms with Gasteiger partial charge < -0.3 is 9.47 Å². The Morgan fingerprint density at radius 2 is 1.57 bits per heavy atom. The van der Waals surface area contributed by atoms with Crippen LogP contribution in [-0.4, -0.2) is 25.2 Å². The standard InChI is InChI=1S/C17H24O4/c1-4-12-20-15(18)17(2,3)16(19)21-13-8-11-14-9-6-5-7-10-14/h5-7,9-10H,4,8,11-13H2,1-3H3. The van der Waals surface area contributed by atoms with Gasteiger partial charge >= 0.3 is 11.9 Å². The van der Waals surface area contributed by atoms with Crippen molar-refractivity contribution in [2.45, 2.75) is 40.0 Å². The summed E-state index contributed by atoms with van der Waals surface area (Å²) in [5.41, 5.74) is -0.0442. The molecular formula is C17H24O4. The summed E-state index contributed by atoms with van der Waals surface area (Å²) in [6.07, 6.45) is 2.30. The van der Waals surface area contributed by atoms with Gasteiger partial charge in [0.2, 0.25) is 0 Å². The van der Waals surface area contributed by atoms with E-state index in [1.54, 1.807) is 0 Å². The fraction of sp³-hybridized carbons (Fsp3) is 0.529. The van der Waals surface area contributed by atoms with E-state index >= 15 is 0 Å². The molecule has 0 spiro atoms. The van der Waals surface area contributed by atoms with Crippen molar-refractivity contribution in [3.8, 4) is 0 Å². The molecule has 0 fully saturated rings. The van der Waals surface area contributed by atoms with E-state index in [0.29, 0.717) is 13.2 Å². The summed E-state index contributed by atoms with van der Waals surface area (Å²) in [6, 6.07) is 10.00. The third kappa shape index (κ3) is 5.58. The van der Waals surface area contributed by atoms with Crippen LogP contribution >= 0.6 is 0 Å². The Labute approximate surface area is 126 Å². The lowest BCUT2D eigenvalue weighted by Gasteiger charge is -2.20. The summed E-state index contributed by atoms with van der Waals surface area (Å²) in [5.74, 6) is -1.06. The average Bonchev–Trinajstić information content (AvgIpc) is 2.49. The maximum absolute atomic E-state index is 12.0. The predicted molar refractivity (Wildman–Crippen MR) is 80.8 cm³/mol. The number of benzene rings is 1. The fourth-order valence-corrected chi connectivity index (χ4v) is 1.72. The van der Waals surface area contributed by atoms with Crippen molar-refractivity contribution in [3.05, 3.63) is 35.9 Å². The molecule has 0 N–H and O–H groups in total. The van der Waals surface area contributed by atoms with Gasteiger partial charge in [0.05, 0.1) is 13.2 Å². The number of hydrogen-bond donors (Lipinski definition) is 0. The first kappa shape index (κ1) is 17.2. The van der Waals surface area contributed by atoms with Crippen molar-refractivity contribution in [2.24, 2.45) is 5.41 Å². The molecule has 0 bridgehead atoms. The van der Waals surface area contributed by atoms with Crippen LogP contribution in [0.15, 0.2) is 30.3 Å². The molecule has 0 aliphatic carbocycles. The van der Waals surface area contributed by atoms with Crippen molar-refractivity contribution in [1.29, 1.82) is 0 Å². The highest BCUT2D eigenvalue weighted by atomic mass is 16.6. The van der Waals surface area contributed by atoms with Gasteiger partial charge in [-0.2, -0.15) is 0 Å². The Bertz CT molecular complexity index is 451. The monoisotopic (exact) mass is 292 g/mol. The van der Waals surface area contributed by atoms with E-state index in [9.17, 15) is 9.59 Å². The van der Waals surface area contributed by atoms with Gasteiger partial charge in [0, 0.05) is 0 Å². The minimum Gasteiger partial charge on any atom is -0.465 e. The Balaban J connectivity index is 2.33. The van der Waals surface area contributed by atoms with Gasteiger partial charge in [-0.15, -0.1) is 0 Å². The summed E-state index contributed by atoms with van der Waals surface area (Å²) >= 11 is 0. The van der Waals surface area contributed by atoms with Gasteiger partial charge in [-0.05, 0) is 38.7 Å². The molecule has 1 aromatic carbocycles. The van der Waals surface area contributed by atoms with E-state index in [-0.39, 0.29) is 0 Å². The minimum atomic E-state index is -1.25. The van der Waals surface area contributed by atoms with Crippen LogP contribution in [-0.2, 0) is 25.5 Å². The molecule has 1 aromatic rings. The molecule has 0 radical (unpaired) electrons. The summed E-state index contributed by atoms with van der Waals surface area (Å²) in [5, 5.41) is 0. The number of carbonyl (C=O) groups is 2. The molecule has 0 aliphatic rings. The quantitative estimate of drug-likeness (QED) is 0.419. The summed E-state index contributed by atoms with van der Waals surface area (Å²) < 4.78 is 10.2. The molecule has 0 aliphatic heterocycles. The first-order valence-corrected chi connectivity index (χ1v) is 7.37. The highest BCUT2D eigenvalue weighted by molar-refractivity contribution is 5.99. The van der Waals surface area contributed by atoms with Crippen LogP contribution in [0, 0.1) is 5.41 Å². The molecule has 21 heavy (non-hydrogen) atoms. The molecule has 0 saturated heterocycles.